The van der Waals surface area contributed by atoms with E-state index in [2.05, 4.69) is 10.6 Å². The Morgan fingerprint density at radius 1 is 1.19 bits per heavy atom. The molecule has 2 aromatic carbocycles. The summed E-state index contributed by atoms with van der Waals surface area (Å²) in [4.78, 5) is 35.5. The van der Waals surface area contributed by atoms with Gasteiger partial charge in [-0.3, -0.25) is 14.4 Å². The Labute approximate surface area is 185 Å². The van der Waals surface area contributed by atoms with Gasteiger partial charge in [-0.05, 0) is 42.8 Å². The lowest BCUT2D eigenvalue weighted by Gasteiger charge is -2.12. The number of carbonyl (C=O) groups excluding carboxylic acids is 3. The third-order valence-electron chi connectivity index (χ3n) is 4.05. The van der Waals surface area contributed by atoms with Gasteiger partial charge in [-0.1, -0.05) is 23.7 Å². The van der Waals surface area contributed by atoms with E-state index in [1.54, 1.807) is 42.5 Å². The van der Waals surface area contributed by atoms with Crippen LogP contribution < -0.4 is 25.8 Å². The molecule has 9 heteroatoms. The molecule has 0 unspecified atom stereocenters. The summed E-state index contributed by atoms with van der Waals surface area (Å²) in [6, 6.07) is 9.88. The van der Waals surface area contributed by atoms with E-state index in [0.717, 1.165) is 0 Å². The molecule has 2 aromatic rings. The van der Waals surface area contributed by atoms with E-state index in [0.29, 0.717) is 34.4 Å². The maximum absolute atomic E-state index is 12.4. The number of ether oxygens (including phenoxy) is 2. The molecule has 0 saturated carbocycles. The van der Waals surface area contributed by atoms with Gasteiger partial charge >= 0.3 is 0 Å². The summed E-state index contributed by atoms with van der Waals surface area (Å²) < 4.78 is 10.8. The topological polar surface area (TPSA) is 120 Å². The van der Waals surface area contributed by atoms with E-state index in [1.165, 1.54) is 13.2 Å². The van der Waals surface area contributed by atoms with Crippen LogP contribution in [0.2, 0.25) is 5.02 Å². The molecule has 4 N–H and O–H groups in total. The van der Waals surface area contributed by atoms with Gasteiger partial charge < -0.3 is 25.8 Å². The van der Waals surface area contributed by atoms with Crippen molar-refractivity contribution < 1.29 is 23.9 Å². The van der Waals surface area contributed by atoms with Gasteiger partial charge in [-0.2, -0.15) is 0 Å². The molecule has 0 radical (unpaired) electrons. The number of hydrogen-bond acceptors (Lipinski definition) is 5. The molecular formula is C22H24ClN3O5. The predicted octanol–water partition coefficient (Wildman–Crippen LogP) is 3.00. The number of nitrogens with one attached hydrogen (secondary N) is 2. The second-order valence-electron chi connectivity index (χ2n) is 6.31. The summed E-state index contributed by atoms with van der Waals surface area (Å²) in [5, 5.41) is 5.62. The van der Waals surface area contributed by atoms with Crippen LogP contribution in [-0.2, 0) is 9.59 Å². The summed E-state index contributed by atoms with van der Waals surface area (Å²) in [6.07, 6.45) is 2.90. The zero-order valence-electron chi connectivity index (χ0n) is 17.2. The average molecular weight is 446 g/mol. The Balaban J connectivity index is 2.11. The minimum absolute atomic E-state index is 0.0249. The number of rotatable bonds is 10. The zero-order chi connectivity index (χ0) is 22.8. The fraction of sp³-hybridized carbons (Fsp3) is 0.227. The van der Waals surface area contributed by atoms with Crippen LogP contribution in [0.3, 0.4) is 0 Å². The van der Waals surface area contributed by atoms with Crippen molar-refractivity contribution in [2.75, 3.05) is 25.6 Å². The molecule has 0 fully saturated rings. The number of primary amides is 1. The van der Waals surface area contributed by atoms with Crippen LogP contribution >= 0.6 is 11.6 Å². The molecule has 0 heterocycles. The lowest BCUT2D eigenvalue weighted by Crippen LogP contribution is -2.28. The van der Waals surface area contributed by atoms with Gasteiger partial charge in [-0.15, -0.1) is 0 Å². The highest BCUT2D eigenvalue weighted by Crippen LogP contribution is 2.36. The molecule has 0 saturated heterocycles. The number of benzene rings is 2. The fourth-order valence-corrected chi connectivity index (χ4v) is 2.92. The van der Waals surface area contributed by atoms with E-state index < -0.39 is 17.7 Å². The van der Waals surface area contributed by atoms with E-state index >= 15 is 0 Å². The monoisotopic (exact) mass is 445 g/mol. The molecular weight excluding hydrogens is 422 g/mol. The molecule has 2 rings (SSSR count). The molecule has 8 nitrogen and oxygen atoms in total. The first-order valence-corrected chi connectivity index (χ1v) is 9.88. The number of hydrogen-bond donors (Lipinski definition) is 3. The molecule has 0 aliphatic heterocycles. The number of para-hydroxylation sites is 1. The van der Waals surface area contributed by atoms with Crippen molar-refractivity contribution in [2.24, 2.45) is 5.73 Å². The van der Waals surface area contributed by atoms with Gasteiger partial charge in [0.05, 0.1) is 30.0 Å². The Bertz CT molecular complexity index is 991. The Kier molecular flexibility index (Phi) is 8.90. The fourth-order valence-electron chi connectivity index (χ4n) is 2.65. The summed E-state index contributed by atoms with van der Waals surface area (Å²) in [7, 11) is 1.50. The van der Waals surface area contributed by atoms with Crippen molar-refractivity contribution >= 4 is 41.1 Å². The number of anilines is 1. The smallest absolute Gasteiger partial charge is 0.253 e. The molecule has 0 bridgehead atoms. The number of methoxy groups -OCH3 is 1. The van der Waals surface area contributed by atoms with Crippen LogP contribution in [0.1, 0.15) is 29.3 Å². The third kappa shape index (κ3) is 7.04. The van der Waals surface area contributed by atoms with E-state index in [1.807, 2.05) is 6.92 Å². The van der Waals surface area contributed by atoms with Crippen molar-refractivity contribution in [3.8, 4) is 11.5 Å². The van der Waals surface area contributed by atoms with Crippen molar-refractivity contribution in [2.45, 2.75) is 13.3 Å². The molecule has 0 spiro atoms. The Morgan fingerprint density at radius 3 is 2.61 bits per heavy atom. The Morgan fingerprint density at radius 2 is 1.94 bits per heavy atom. The van der Waals surface area contributed by atoms with Gasteiger partial charge in [0.25, 0.3) is 5.91 Å². The second kappa shape index (κ2) is 11.6. The highest BCUT2D eigenvalue weighted by Gasteiger charge is 2.13. The maximum atomic E-state index is 12.4. The van der Waals surface area contributed by atoms with Crippen molar-refractivity contribution in [1.29, 1.82) is 0 Å². The Hall–Kier alpha value is -3.52. The van der Waals surface area contributed by atoms with Gasteiger partial charge in [0, 0.05) is 19.0 Å². The predicted molar refractivity (Wildman–Crippen MR) is 119 cm³/mol. The first-order valence-electron chi connectivity index (χ1n) is 9.50. The molecule has 164 valence electrons. The quantitative estimate of drug-likeness (QED) is 0.485. The molecule has 0 aliphatic carbocycles. The van der Waals surface area contributed by atoms with E-state index in [4.69, 9.17) is 26.8 Å². The maximum Gasteiger partial charge on any atom is 0.253 e. The molecule has 3 amide bonds. The number of halogens is 1. The zero-order valence-corrected chi connectivity index (χ0v) is 18.0. The van der Waals surface area contributed by atoms with Crippen molar-refractivity contribution in [1.82, 2.24) is 5.32 Å². The van der Waals surface area contributed by atoms with Gasteiger partial charge in [0.2, 0.25) is 11.8 Å². The van der Waals surface area contributed by atoms with Crippen LogP contribution in [0.4, 0.5) is 5.69 Å². The van der Waals surface area contributed by atoms with E-state index in [9.17, 15) is 14.4 Å². The molecule has 31 heavy (non-hydrogen) atoms. The normalized spacial score (nSPS) is 10.5. The van der Waals surface area contributed by atoms with Gasteiger partial charge in [-0.25, -0.2) is 0 Å². The number of nitrogens with two attached hydrogens (primary N) is 1. The van der Waals surface area contributed by atoms with Crippen molar-refractivity contribution in [3.63, 3.8) is 0 Å². The third-order valence-corrected chi connectivity index (χ3v) is 4.33. The summed E-state index contributed by atoms with van der Waals surface area (Å²) in [5.41, 5.74) is 6.30. The summed E-state index contributed by atoms with van der Waals surface area (Å²) >= 11 is 6.24. The standard InChI is InChI=1S/C22H24ClN3O5/c1-3-31-21-16(23)12-14(13-18(21)30-2)8-9-20(28)26-17-7-5-4-6-15(17)22(29)25-11-10-19(24)27/h4-9,12-13H,3,10-11H2,1-2H3,(H2,24,27)(H,25,29)(H,26,28)/b9-8+. The van der Waals surface area contributed by atoms with Gasteiger partial charge in [0.1, 0.15) is 0 Å². The first kappa shape index (κ1) is 23.8. The van der Waals surface area contributed by atoms with Crippen LogP contribution in [0.25, 0.3) is 6.08 Å². The number of amides is 3. The highest BCUT2D eigenvalue weighted by molar-refractivity contribution is 6.32. The van der Waals surface area contributed by atoms with Crippen LogP contribution in [0, 0.1) is 0 Å². The molecule has 0 atom stereocenters. The lowest BCUT2D eigenvalue weighted by molar-refractivity contribution is -0.118. The van der Waals surface area contributed by atoms with Gasteiger partial charge in [0.15, 0.2) is 11.5 Å². The van der Waals surface area contributed by atoms with Crippen LogP contribution in [0.15, 0.2) is 42.5 Å². The largest absolute Gasteiger partial charge is 0.493 e. The average Bonchev–Trinajstić information content (AvgIpc) is 2.74. The summed E-state index contributed by atoms with van der Waals surface area (Å²) in [5.74, 6) is -0.500. The first-order chi connectivity index (χ1) is 14.8. The molecule has 0 aliphatic rings. The van der Waals surface area contributed by atoms with Crippen molar-refractivity contribution in [3.05, 3.63) is 58.6 Å². The van der Waals surface area contributed by atoms with Crippen LogP contribution in [-0.4, -0.2) is 38.0 Å². The minimum Gasteiger partial charge on any atom is -0.493 e. The highest BCUT2D eigenvalue weighted by atomic mass is 35.5. The molecule has 0 aromatic heterocycles. The van der Waals surface area contributed by atoms with E-state index in [-0.39, 0.29) is 18.5 Å². The number of carbonyl (C=O) groups is 3. The summed E-state index contributed by atoms with van der Waals surface area (Å²) in [6.45, 7) is 2.38. The van der Waals surface area contributed by atoms with Crippen LogP contribution in [0.5, 0.6) is 11.5 Å². The second-order valence-corrected chi connectivity index (χ2v) is 6.71. The SMILES string of the molecule is CCOc1c(Cl)cc(/C=C/C(=O)Nc2ccccc2C(=O)NCCC(N)=O)cc1OC. The minimum atomic E-state index is -0.516. The lowest BCUT2D eigenvalue weighted by atomic mass is 10.1.